The van der Waals surface area contributed by atoms with Gasteiger partial charge in [-0.15, -0.1) is 0 Å². The molecule has 0 saturated carbocycles. The second-order valence-corrected chi connectivity index (χ2v) is 9.54. The molecule has 9 heteroatoms. The minimum Gasteiger partial charge on any atom is -0.497 e. The fourth-order valence-corrected chi connectivity index (χ4v) is 4.68. The second kappa shape index (κ2) is 13.1. The SMILES string of the molecule is COc1cccc(Cc2nsc(N(CCC(=O)N(C)CCc3ccc(OC)c(OC)c3)C(C)C)n2)c1. The Morgan fingerprint density at radius 3 is 2.44 bits per heavy atom. The van der Waals surface area contributed by atoms with E-state index < -0.39 is 0 Å². The molecule has 0 aliphatic rings. The molecular weight excluding hydrogens is 476 g/mol. The Morgan fingerprint density at radius 1 is 0.972 bits per heavy atom. The van der Waals surface area contributed by atoms with E-state index in [1.807, 2.05) is 49.5 Å². The van der Waals surface area contributed by atoms with Gasteiger partial charge in [-0.25, -0.2) is 4.98 Å². The average Bonchev–Trinajstić information content (AvgIpc) is 3.34. The zero-order valence-corrected chi connectivity index (χ0v) is 22.8. The number of likely N-dealkylation sites (N-methyl/N-ethyl adjacent to an activating group) is 1. The predicted octanol–water partition coefficient (Wildman–Crippen LogP) is 4.46. The van der Waals surface area contributed by atoms with Gasteiger partial charge in [-0.3, -0.25) is 4.79 Å². The molecule has 0 saturated heterocycles. The number of hydrogen-bond acceptors (Lipinski definition) is 8. The maximum absolute atomic E-state index is 12.9. The summed E-state index contributed by atoms with van der Waals surface area (Å²) >= 11 is 1.38. The van der Waals surface area contributed by atoms with Gasteiger partial charge < -0.3 is 24.0 Å². The maximum Gasteiger partial charge on any atom is 0.224 e. The van der Waals surface area contributed by atoms with Crippen molar-refractivity contribution in [1.29, 1.82) is 0 Å². The molecule has 3 aromatic rings. The molecule has 0 spiro atoms. The van der Waals surface area contributed by atoms with Gasteiger partial charge in [0.2, 0.25) is 11.0 Å². The molecule has 8 nitrogen and oxygen atoms in total. The number of benzene rings is 2. The number of nitrogens with zero attached hydrogens (tertiary/aromatic N) is 4. The molecule has 0 atom stereocenters. The van der Waals surface area contributed by atoms with Gasteiger partial charge in [0.1, 0.15) is 11.6 Å². The molecule has 0 fully saturated rings. The van der Waals surface area contributed by atoms with Crippen LogP contribution >= 0.6 is 11.5 Å². The number of carbonyl (C=O) groups is 1. The lowest BCUT2D eigenvalue weighted by atomic mass is 10.1. The summed E-state index contributed by atoms with van der Waals surface area (Å²) in [5.74, 6) is 3.08. The van der Waals surface area contributed by atoms with Gasteiger partial charge in [-0.05, 0) is 55.7 Å². The first-order chi connectivity index (χ1) is 17.3. The van der Waals surface area contributed by atoms with Crippen LogP contribution in [0.1, 0.15) is 37.2 Å². The molecule has 2 aromatic carbocycles. The summed E-state index contributed by atoms with van der Waals surface area (Å²) in [7, 11) is 6.75. The zero-order valence-electron chi connectivity index (χ0n) is 22.0. The first-order valence-electron chi connectivity index (χ1n) is 12.0. The summed E-state index contributed by atoms with van der Waals surface area (Å²) in [5.41, 5.74) is 2.19. The maximum atomic E-state index is 12.9. The van der Waals surface area contributed by atoms with E-state index in [-0.39, 0.29) is 11.9 Å². The van der Waals surface area contributed by atoms with Gasteiger partial charge in [0.15, 0.2) is 11.5 Å². The number of carbonyl (C=O) groups excluding carboxylic acids is 1. The van der Waals surface area contributed by atoms with Crippen LogP contribution in [-0.2, 0) is 17.6 Å². The van der Waals surface area contributed by atoms with E-state index in [9.17, 15) is 4.79 Å². The third kappa shape index (κ3) is 7.34. The first-order valence-corrected chi connectivity index (χ1v) is 12.8. The van der Waals surface area contributed by atoms with E-state index in [4.69, 9.17) is 19.2 Å². The van der Waals surface area contributed by atoms with Gasteiger partial charge in [-0.2, -0.15) is 4.37 Å². The highest BCUT2D eigenvalue weighted by atomic mass is 32.1. The quantitative estimate of drug-likeness (QED) is 0.335. The fourth-order valence-electron chi connectivity index (χ4n) is 3.84. The topological polar surface area (TPSA) is 77.0 Å². The monoisotopic (exact) mass is 512 g/mol. The molecule has 1 aromatic heterocycles. The summed E-state index contributed by atoms with van der Waals surface area (Å²) < 4.78 is 20.5. The van der Waals surface area contributed by atoms with Crippen molar-refractivity contribution in [1.82, 2.24) is 14.3 Å². The summed E-state index contributed by atoms with van der Waals surface area (Å²) in [4.78, 5) is 21.5. The van der Waals surface area contributed by atoms with E-state index in [1.165, 1.54) is 11.5 Å². The Hall–Kier alpha value is -3.33. The van der Waals surface area contributed by atoms with Crippen molar-refractivity contribution in [3.63, 3.8) is 0 Å². The van der Waals surface area contributed by atoms with Crippen LogP contribution in [0.2, 0.25) is 0 Å². The number of ether oxygens (including phenoxy) is 3. The fraction of sp³-hybridized carbons (Fsp3) is 0.444. The number of hydrogen-bond donors (Lipinski definition) is 0. The van der Waals surface area contributed by atoms with Gasteiger partial charge >= 0.3 is 0 Å². The van der Waals surface area contributed by atoms with Crippen LogP contribution in [0.15, 0.2) is 42.5 Å². The van der Waals surface area contributed by atoms with Crippen LogP contribution < -0.4 is 19.1 Å². The molecule has 0 N–H and O–H groups in total. The van der Waals surface area contributed by atoms with Gasteiger partial charge in [0, 0.05) is 50.6 Å². The van der Waals surface area contributed by atoms with Crippen LogP contribution in [0.4, 0.5) is 5.13 Å². The largest absolute Gasteiger partial charge is 0.497 e. The van der Waals surface area contributed by atoms with E-state index in [0.717, 1.165) is 34.3 Å². The van der Waals surface area contributed by atoms with Gasteiger partial charge in [0.05, 0.1) is 21.3 Å². The lowest BCUT2D eigenvalue weighted by Crippen LogP contribution is -2.36. The van der Waals surface area contributed by atoms with Crippen molar-refractivity contribution < 1.29 is 19.0 Å². The third-order valence-corrected chi connectivity index (χ3v) is 6.79. The Morgan fingerprint density at radius 2 is 1.75 bits per heavy atom. The number of aromatic nitrogens is 2. The van der Waals surface area contributed by atoms with E-state index in [1.54, 1.807) is 26.2 Å². The normalized spacial score (nSPS) is 10.9. The Balaban J connectivity index is 1.55. The van der Waals surface area contributed by atoms with E-state index >= 15 is 0 Å². The number of amides is 1. The first kappa shape index (κ1) is 27.3. The van der Waals surface area contributed by atoms with Crippen LogP contribution in [0.3, 0.4) is 0 Å². The van der Waals surface area contributed by atoms with Gasteiger partial charge in [-0.1, -0.05) is 18.2 Å². The van der Waals surface area contributed by atoms with Crippen LogP contribution in [0.25, 0.3) is 0 Å². The number of anilines is 1. The summed E-state index contributed by atoms with van der Waals surface area (Å²) in [6.45, 7) is 5.42. The Bertz CT molecular complexity index is 1130. The van der Waals surface area contributed by atoms with E-state index in [0.29, 0.717) is 37.4 Å². The zero-order chi connectivity index (χ0) is 26.1. The minimum atomic E-state index is 0.0993. The molecule has 0 aliphatic heterocycles. The highest BCUT2D eigenvalue weighted by Gasteiger charge is 2.19. The van der Waals surface area contributed by atoms with E-state index in [2.05, 4.69) is 23.1 Å². The van der Waals surface area contributed by atoms with Gasteiger partial charge in [0.25, 0.3) is 0 Å². The van der Waals surface area contributed by atoms with Crippen molar-refractivity contribution >= 4 is 22.6 Å². The molecule has 0 aliphatic carbocycles. The second-order valence-electron chi connectivity index (χ2n) is 8.81. The van der Waals surface area contributed by atoms with Crippen molar-refractivity contribution in [3.05, 3.63) is 59.4 Å². The minimum absolute atomic E-state index is 0.0993. The summed E-state index contributed by atoms with van der Waals surface area (Å²) in [6.07, 6.45) is 1.78. The molecule has 1 heterocycles. The molecule has 36 heavy (non-hydrogen) atoms. The summed E-state index contributed by atoms with van der Waals surface area (Å²) in [6, 6.07) is 14.0. The molecule has 1 amide bonds. The standard InChI is InChI=1S/C27H36N4O4S/c1-19(2)31(27-28-25(29-36-27)18-21-8-7-9-22(16-21)33-4)15-13-26(32)30(3)14-12-20-10-11-23(34-5)24(17-20)35-6/h7-11,16-17,19H,12-15,18H2,1-6H3. The highest BCUT2D eigenvalue weighted by Crippen LogP contribution is 2.28. The molecule has 0 radical (unpaired) electrons. The van der Waals surface area contributed by atoms with Crippen molar-refractivity contribution in [2.75, 3.05) is 46.4 Å². The number of rotatable bonds is 13. The lowest BCUT2D eigenvalue weighted by Gasteiger charge is -2.26. The summed E-state index contributed by atoms with van der Waals surface area (Å²) in [5, 5.41) is 0.837. The lowest BCUT2D eigenvalue weighted by molar-refractivity contribution is -0.129. The van der Waals surface area contributed by atoms with Crippen molar-refractivity contribution in [3.8, 4) is 17.2 Å². The predicted molar refractivity (Wildman–Crippen MR) is 144 cm³/mol. The smallest absolute Gasteiger partial charge is 0.224 e. The van der Waals surface area contributed by atoms with Crippen molar-refractivity contribution in [2.24, 2.45) is 0 Å². The Kier molecular flexibility index (Phi) is 9.93. The average molecular weight is 513 g/mol. The molecule has 0 unspecified atom stereocenters. The molecule has 194 valence electrons. The van der Waals surface area contributed by atoms with Crippen molar-refractivity contribution in [2.45, 2.75) is 39.2 Å². The van der Waals surface area contributed by atoms with Crippen LogP contribution in [-0.4, -0.2) is 67.7 Å². The van der Waals surface area contributed by atoms with Crippen LogP contribution in [0.5, 0.6) is 17.2 Å². The molecular formula is C27H36N4O4S. The third-order valence-electron chi connectivity index (χ3n) is 6.00. The highest BCUT2D eigenvalue weighted by molar-refractivity contribution is 7.09. The Labute approximate surface area is 218 Å². The molecule has 0 bridgehead atoms. The van der Waals surface area contributed by atoms with Crippen LogP contribution in [0, 0.1) is 0 Å². The number of methoxy groups -OCH3 is 3. The molecule has 3 rings (SSSR count).